The number of carbonyl (C=O) groups is 1. The zero-order valence-corrected chi connectivity index (χ0v) is 63.7. The average molecular weight is 1340 g/mol. The average Bonchev–Trinajstić information content (AvgIpc) is 3.95. The van der Waals surface area contributed by atoms with Crippen molar-refractivity contribution in [3.8, 4) is 0 Å². The maximum Gasteiger partial charge on any atom is 2.00 e. The van der Waals surface area contributed by atoms with Crippen molar-refractivity contribution in [1.29, 1.82) is 0 Å². The van der Waals surface area contributed by atoms with Crippen LogP contribution in [0.1, 0.15) is 295 Å². The van der Waals surface area contributed by atoms with E-state index in [0.717, 1.165) is 34.4 Å². The van der Waals surface area contributed by atoms with Crippen LogP contribution >= 0.6 is 0 Å². The number of nitrogens with zero attached hydrogens (tertiary/aromatic N) is 12. The molecule has 0 atom stereocenters. The number of carbonyl (C=O) groups excluding carboxylic acids is 1. The molecule has 0 aliphatic heterocycles. The Bertz CT molecular complexity index is 2390. The van der Waals surface area contributed by atoms with E-state index in [0.29, 0.717) is 11.1 Å². The minimum atomic E-state index is -0.235. The van der Waals surface area contributed by atoms with Gasteiger partial charge in [0.15, 0.2) is 5.82 Å². The predicted molar refractivity (Wildman–Crippen MR) is 355 cm³/mol. The Hall–Kier alpha value is -4.72. The van der Waals surface area contributed by atoms with Crippen LogP contribution in [0.15, 0.2) is 49.2 Å². The molecule has 3 N–H and O–H groups in total. The summed E-state index contributed by atoms with van der Waals surface area (Å²) in [6.45, 7) is 78.1. The van der Waals surface area contributed by atoms with Crippen LogP contribution in [0.5, 0.6) is 0 Å². The smallest absolute Gasteiger partial charge is 0.365 e. The van der Waals surface area contributed by atoms with Crippen LogP contribution in [0.2, 0.25) is 0 Å². The molecule has 0 bridgehead atoms. The summed E-state index contributed by atoms with van der Waals surface area (Å²) < 4.78 is 1.91. The van der Waals surface area contributed by atoms with Gasteiger partial charge in [-0.2, -0.15) is 30.7 Å². The maximum absolute atomic E-state index is 11.8. The summed E-state index contributed by atoms with van der Waals surface area (Å²) >= 11 is 0. The quantitative estimate of drug-likeness (QED) is 0.145. The standard InChI is InChI=1S/C14H22N2O.2C12H21N3.C10H19N3.C9H18N4.C5H12.C4H9.CH3.W/c1-13(2,3)10-7-8-11(15-9-10)12(17)16-14(4,5)6;1-11(2,3)9-7-10(14-8-13-9)15-12(4,5)6;1-11(2,3)9-7-10(15-13-8-9)14-12(4,5)6;1-9(2,3)8-7-13(12-11-8)10(4,5)6;1-8(2,3)7-10-12-13(11-7)9(4,5)6;1-5(2,3)4;1-4(2)3;;/h7-9H,1-6H3,(H,16,17);7-8H,1-6H3,(H,13,14,15);7-8H,1-6H3,(H,14,15);7H,1-6H3;1-6H3;1-4H3;1-3H3;1H3;/q;;;;;;2*-1;+2. The number of hydrogen-bond donors (Lipinski definition) is 3. The molecule has 84 heavy (non-hydrogen) atoms. The van der Waals surface area contributed by atoms with Gasteiger partial charge in [0.05, 0.1) is 28.7 Å². The molecule has 0 spiro atoms. The monoisotopic (exact) mass is 1340 g/mol. The minimum absolute atomic E-state index is 0. The first kappa shape index (κ1) is 85.7. The fourth-order valence-corrected chi connectivity index (χ4v) is 5.55. The van der Waals surface area contributed by atoms with Crippen LogP contribution in [-0.4, -0.2) is 82.9 Å². The summed E-state index contributed by atoms with van der Waals surface area (Å²) in [4.78, 5) is 26.2. The van der Waals surface area contributed by atoms with Crippen molar-refractivity contribution in [2.45, 2.75) is 311 Å². The number of aromatic nitrogens is 12. The Balaban J connectivity index is -0.000000457. The van der Waals surface area contributed by atoms with Crippen LogP contribution in [-0.2, 0) is 59.2 Å². The molecular weight excluding hydrogens is 1210 g/mol. The van der Waals surface area contributed by atoms with Crippen molar-refractivity contribution in [2.75, 3.05) is 10.6 Å². The fourth-order valence-electron chi connectivity index (χ4n) is 5.55. The van der Waals surface area contributed by atoms with Gasteiger partial charge in [0.25, 0.3) is 5.91 Å². The normalized spacial score (nSPS) is 12.3. The Kier molecular flexibility index (Phi) is 34.1. The fraction of sp³-hybridized carbons (Fsp3) is 0.716. The summed E-state index contributed by atoms with van der Waals surface area (Å²) in [6, 6.07) is 7.83. The van der Waals surface area contributed by atoms with E-state index in [1.165, 1.54) is 11.5 Å². The van der Waals surface area contributed by atoms with E-state index in [4.69, 9.17) is 0 Å². The van der Waals surface area contributed by atoms with Gasteiger partial charge in [-0.1, -0.05) is 143 Å². The van der Waals surface area contributed by atoms with E-state index in [9.17, 15) is 4.79 Å². The molecule has 0 unspecified atom stereocenters. The number of amides is 1. The molecule has 5 aromatic rings. The molecule has 0 aromatic carbocycles. The number of tetrazole rings is 1. The first-order chi connectivity index (χ1) is 36.1. The van der Waals surface area contributed by atoms with Gasteiger partial charge in [-0.05, 0) is 149 Å². The van der Waals surface area contributed by atoms with Crippen LogP contribution in [0, 0.1) is 18.8 Å². The van der Waals surface area contributed by atoms with E-state index >= 15 is 0 Å². The van der Waals surface area contributed by atoms with E-state index in [1.54, 1.807) is 23.4 Å². The molecule has 16 nitrogen and oxygen atoms in total. The van der Waals surface area contributed by atoms with Gasteiger partial charge in [-0.15, -0.1) is 20.4 Å². The van der Waals surface area contributed by atoms with E-state index in [2.05, 4.69) is 308 Å². The van der Waals surface area contributed by atoms with E-state index in [1.807, 2.05) is 50.0 Å². The van der Waals surface area contributed by atoms with Gasteiger partial charge < -0.3 is 29.3 Å². The molecule has 5 heterocycles. The molecule has 1 amide bonds. The van der Waals surface area contributed by atoms with Crippen molar-refractivity contribution in [1.82, 2.24) is 65.7 Å². The molecule has 0 radical (unpaired) electrons. The summed E-state index contributed by atoms with van der Waals surface area (Å²) in [5, 5.41) is 38.4. The molecule has 17 heteroatoms. The summed E-state index contributed by atoms with van der Waals surface area (Å²) in [5.74, 6) is 3.82. The third kappa shape index (κ3) is 41.3. The molecule has 5 rings (SSSR count). The zero-order chi connectivity index (χ0) is 65.3. The van der Waals surface area contributed by atoms with Crippen molar-refractivity contribution in [2.24, 2.45) is 5.41 Å². The van der Waals surface area contributed by atoms with Crippen LogP contribution < -0.4 is 16.0 Å². The van der Waals surface area contributed by atoms with E-state index in [-0.39, 0.29) is 89.2 Å². The summed E-state index contributed by atoms with van der Waals surface area (Å²) in [6.07, 6.45) is 7.25. The number of nitrogens with one attached hydrogen (secondary N) is 3. The molecule has 0 aliphatic carbocycles. The molecule has 0 aliphatic rings. The zero-order valence-electron chi connectivity index (χ0n) is 60.8. The number of anilines is 2. The molecule has 0 saturated heterocycles. The Morgan fingerprint density at radius 2 is 0.929 bits per heavy atom. The maximum atomic E-state index is 11.8. The second kappa shape index (κ2) is 33.4. The Morgan fingerprint density at radius 1 is 0.476 bits per heavy atom. The van der Waals surface area contributed by atoms with Gasteiger partial charge in [-0.3, -0.25) is 9.78 Å². The number of rotatable bonds is 3. The van der Waals surface area contributed by atoms with E-state index < -0.39 is 0 Å². The topological polar surface area (TPSA) is 192 Å². The van der Waals surface area contributed by atoms with Crippen molar-refractivity contribution < 1.29 is 25.9 Å². The summed E-state index contributed by atoms with van der Waals surface area (Å²) in [5.41, 5.74) is 5.46. The van der Waals surface area contributed by atoms with Gasteiger partial charge in [-0.25, -0.2) is 14.6 Å². The van der Waals surface area contributed by atoms with Gasteiger partial charge >= 0.3 is 21.1 Å². The molecule has 480 valence electrons. The Labute approximate surface area is 529 Å². The minimum Gasteiger partial charge on any atom is -0.365 e. The van der Waals surface area contributed by atoms with Gasteiger partial charge in [0, 0.05) is 51.3 Å². The SMILES string of the molecule is CC(C)(C)C.CC(C)(C)NC(=O)c1ccc(C(C)(C)C)cn1.CC(C)(C)Nc1cc(C(C)(C)C)cnn1.CC(C)(C)Nc1cc(C(C)(C)C)ncn1.CC(C)(C)c1cn(C(C)(C)C)nn1.CC(C)(C)c1nnn(C(C)(C)C)n1.C[C-](C)C.[CH3-].[W+2]. The van der Waals surface area contributed by atoms with Crippen LogP contribution in [0.25, 0.3) is 0 Å². The van der Waals surface area contributed by atoms with Crippen LogP contribution in [0.3, 0.4) is 0 Å². The van der Waals surface area contributed by atoms with Crippen molar-refractivity contribution >= 4 is 17.5 Å². The molecule has 5 aromatic heterocycles. The molecule has 0 fully saturated rings. The van der Waals surface area contributed by atoms with Crippen LogP contribution in [0.4, 0.5) is 11.6 Å². The first-order valence-corrected chi connectivity index (χ1v) is 29.1. The Morgan fingerprint density at radius 3 is 1.24 bits per heavy atom. The largest absolute Gasteiger partial charge is 2.00 e. The third-order valence-corrected chi connectivity index (χ3v) is 9.95. The van der Waals surface area contributed by atoms with Crippen molar-refractivity contribution in [3.05, 3.63) is 96.6 Å². The second-order valence-corrected chi connectivity index (χ2v) is 33.5. The number of pyridine rings is 1. The molecular formula is C67H125N15OW. The second-order valence-electron chi connectivity index (χ2n) is 33.5. The first-order valence-electron chi connectivity index (χ1n) is 29.1. The molecule has 0 saturated carbocycles. The predicted octanol–water partition coefficient (Wildman–Crippen LogP) is 17.1. The number of hydrogen-bond acceptors (Lipinski definition) is 13. The summed E-state index contributed by atoms with van der Waals surface area (Å²) in [7, 11) is 0. The van der Waals surface area contributed by atoms with Crippen molar-refractivity contribution in [3.63, 3.8) is 0 Å². The third-order valence-electron chi connectivity index (χ3n) is 9.95. The van der Waals surface area contributed by atoms with Gasteiger partial charge in [0.1, 0.15) is 23.7 Å². The van der Waals surface area contributed by atoms with Gasteiger partial charge in [0.2, 0.25) is 0 Å².